The van der Waals surface area contributed by atoms with Crippen LogP contribution in [0, 0.1) is 11.3 Å². The van der Waals surface area contributed by atoms with Gasteiger partial charge in [0.05, 0.1) is 12.5 Å². The van der Waals surface area contributed by atoms with E-state index in [-0.39, 0.29) is 18.0 Å². The minimum Gasteiger partial charge on any atom is -0.336 e. The molecule has 6 heteroatoms. The molecule has 0 radical (unpaired) electrons. The first-order chi connectivity index (χ1) is 12.5. The number of carbonyl (C=O) groups excluding carboxylic acids is 2. The number of hydrogen-bond donors (Lipinski definition) is 3. The van der Waals surface area contributed by atoms with Gasteiger partial charge in [-0.3, -0.25) is 4.79 Å². The number of urea groups is 1. The Balaban J connectivity index is 1.89. The van der Waals surface area contributed by atoms with E-state index in [0.29, 0.717) is 24.2 Å². The molecule has 0 unspecified atom stereocenters. The fourth-order valence-electron chi connectivity index (χ4n) is 2.27. The highest BCUT2D eigenvalue weighted by molar-refractivity contribution is 6.04. The SMILES string of the molecule is CC(C)NC(=O)NCc1ccc(C(=O)Nc2ccc(CC#N)cc2)cc1. The summed E-state index contributed by atoms with van der Waals surface area (Å²) in [6.07, 6.45) is 0.346. The zero-order valence-electron chi connectivity index (χ0n) is 14.9. The van der Waals surface area contributed by atoms with Gasteiger partial charge in [0.25, 0.3) is 5.91 Å². The summed E-state index contributed by atoms with van der Waals surface area (Å²) in [4.78, 5) is 23.8. The number of benzene rings is 2. The molecule has 0 saturated heterocycles. The molecule has 0 spiro atoms. The molecule has 0 heterocycles. The van der Waals surface area contributed by atoms with Gasteiger partial charge in [-0.1, -0.05) is 24.3 Å². The number of rotatable bonds is 6. The zero-order chi connectivity index (χ0) is 18.9. The average molecular weight is 350 g/mol. The Morgan fingerprint density at radius 3 is 2.19 bits per heavy atom. The van der Waals surface area contributed by atoms with Crippen molar-refractivity contribution in [2.75, 3.05) is 5.32 Å². The maximum Gasteiger partial charge on any atom is 0.315 e. The lowest BCUT2D eigenvalue weighted by atomic mass is 10.1. The first-order valence-electron chi connectivity index (χ1n) is 8.38. The summed E-state index contributed by atoms with van der Waals surface area (Å²) in [5.74, 6) is -0.213. The van der Waals surface area contributed by atoms with Crippen molar-refractivity contribution in [3.8, 4) is 6.07 Å². The van der Waals surface area contributed by atoms with Crippen LogP contribution in [0.4, 0.5) is 10.5 Å². The molecule has 0 fully saturated rings. The van der Waals surface area contributed by atoms with Gasteiger partial charge >= 0.3 is 6.03 Å². The van der Waals surface area contributed by atoms with Gasteiger partial charge < -0.3 is 16.0 Å². The van der Waals surface area contributed by atoms with E-state index in [1.807, 2.05) is 26.0 Å². The quantitative estimate of drug-likeness (QED) is 0.746. The third-order valence-electron chi connectivity index (χ3n) is 3.58. The van der Waals surface area contributed by atoms with Crippen LogP contribution in [-0.2, 0) is 13.0 Å². The average Bonchev–Trinajstić information content (AvgIpc) is 2.62. The Morgan fingerprint density at radius 1 is 1.00 bits per heavy atom. The Bertz CT molecular complexity index is 790. The normalized spacial score (nSPS) is 10.1. The van der Waals surface area contributed by atoms with E-state index in [1.165, 1.54) is 0 Å². The molecular weight excluding hydrogens is 328 g/mol. The molecule has 3 N–H and O–H groups in total. The second-order valence-electron chi connectivity index (χ2n) is 6.16. The molecule has 0 aromatic heterocycles. The second-order valence-corrected chi connectivity index (χ2v) is 6.16. The molecule has 0 bridgehead atoms. The van der Waals surface area contributed by atoms with Gasteiger partial charge in [-0.05, 0) is 49.2 Å². The first-order valence-corrected chi connectivity index (χ1v) is 8.38. The molecule has 6 nitrogen and oxygen atoms in total. The second kappa shape index (κ2) is 9.23. The molecule has 134 valence electrons. The van der Waals surface area contributed by atoms with Gasteiger partial charge in [-0.25, -0.2) is 4.79 Å². The van der Waals surface area contributed by atoms with E-state index < -0.39 is 0 Å². The summed E-state index contributed by atoms with van der Waals surface area (Å²) in [6.45, 7) is 4.18. The molecule has 0 saturated carbocycles. The number of nitrogens with one attached hydrogen (secondary N) is 3. The van der Waals surface area contributed by atoms with Crippen LogP contribution in [0.1, 0.15) is 35.3 Å². The predicted octanol–water partition coefficient (Wildman–Crippen LogP) is 3.21. The zero-order valence-corrected chi connectivity index (χ0v) is 14.9. The number of hydrogen-bond acceptors (Lipinski definition) is 3. The van der Waals surface area contributed by atoms with Crippen molar-refractivity contribution in [1.29, 1.82) is 5.26 Å². The standard InChI is InChI=1S/C20H22N4O2/c1-14(2)23-20(26)22-13-16-3-7-17(8-4-16)19(25)24-18-9-5-15(6-10-18)11-12-21/h3-10,14H,11,13H2,1-2H3,(H,24,25)(H2,22,23,26). The lowest BCUT2D eigenvalue weighted by Gasteiger charge is -2.10. The highest BCUT2D eigenvalue weighted by Crippen LogP contribution is 2.12. The van der Waals surface area contributed by atoms with Crippen molar-refractivity contribution in [3.63, 3.8) is 0 Å². The molecule has 0 aliphatic heterocycles. The number of amides is 3. The topological polar surface area (TPSA) is 94.0 Å². The predicted molar refractivity (Wildman–Crippen MR) is 101 cm³/mol. The summed E-state index contributed by atoms with van der Waals surface area (Å²) in [7, 11) is 0. The molecule has 0 atom stereocenters. The van der Waals surface area contributed by atoms with Crippen LogP contribution in [0.15, 0.2) is 48.5 Å². The van der Waals surface area contributed by atoms with Gasteiger partial charge in [-0.2, -0.15) is 5.26 Å². The van der Waals surface area contributed by atoms with Crippen LogP contribution in [0.5, 0.6) is 0 Å². The molecule has 0 aliphatic carbocycles. The van der Waals surface area contributed by atoms with E-state index in [0.717, 1.165) is 11.1 Å². The van der Waals surface area contributed by atoms with Crippen LogP contribution in [0.2, 0.25) is 0 Å². The Kier molecular flexibility index (Phi) is 6.75. The van der Waals surface area contributed by atoms with Crippen LogP contribution >= 0.6 is 0 Å². The lowest BCUT2D eigenvalue weighted by Crippen LogP contribution is -2.39. The minimum absolute atomic E-state index is 0.0787. The van der Waals surface area contributed by atoms with Crippen molar-refractivity contribution in [2.45, 2.75) is 32.9 Å². The summed E-state index contributed by atoms with van der Waals surface area (Å²) in [5.41, 5.74) is 3.01. The number of nitriles is 1. The molecule has 0 aliphatic rings. The molecule has 2 aromatic carbocycles. The third kappa shape index (κ3) is 5.95. The van der Waals surface area contributed by atoms with Gasteiger partial charge in [-0.15, -0.1) is 0 Å². The van der Waals surface area contributed by atoms with Gasteiger partial charge in [0.2, 0.25) is 0 Å². The highest BCUT2D eigenvalue weighted by Gasteiger charge is 2.07. The van der Waals surface area contributed by atoms with E-state index in [1.54, 1.807) is 36.4 Å². The van der Waals surface area contributed by atoms with Gasteiger partial charge in [0.15, 0.2) is 0 Å². The summed E-state index contributed by atoms with van der Waals surface area (Å²) < 4.78 is 0. The first kappa shape index (κ1) is 19.0. The molecular formula is C20H22N4O2. The van der Waals surface area contributed by atoms with E-state index in [2.05, 4.69) is 22.0 Å². The molecule has 2 aromatic rings. The largest absolute Gasteiger partial charge is 0.336 e. The third-order valence-corrected chi connectivity index (χ3v) is 3.58. The molecule has 3 amide bonds. The van der Waals surface area contributed by atoms with E-state index in [9.17, 15) is 9.59 Å². The van der Waals surface area contributed by atoms with Gasteiger partial charge in [0.1, 0.15) is 0 Å². The van der Waals surface area contributed by atoms with Crippen molar-refractivity contribution in [3.05, 3.63) is 65.2 Å². The van der Waals surface area contributed by atoms with Crippen LogP contribution in [-0.4, -0.2) is 18.0 Å². The minimum atomic E-state index is -0.221. The Labute approximate surface area is 153 Å². The van der Waals surface area contributed by atoms with Crippen molar-refractivity contribution in [1.82, 2.24) is 10.6 Å². The summed E-state index contributed by atoms with van der Waals surface area (Å²) in [5, 5.41) is 17.0. The summed E-state index contributed by atoms with van der Waals surface area (Å²) >= 11 is 0. The maximum absolute atomic E-state index is 12.3. The lowest BCUT2D eigenvalue weighted by molar-refractivity contribution is 0.102. The Hall–Kier alpha value is -3.33. The maximum atomic E-state index is 12.3. The highest BCUT2D eigenvalue weighted by atomic mass is 16.2. The van der Waals surface area contributed by atoms with Crippen molar-refractivity contribution < 1.29 is 9.59 Å². The number of nitrogens with zero attached hydrogens (tertiary/aromatic N) is 1. The fraction of sp³-hybridized carbons (Fsp3) is 0.250. The monoisotopic (exact) mass is 350 g/mol. The van der Waals surface area contributed by atoms with E-state index in [4.69, 9.17) is 5.26 Å². The number of carbonyl (C=O) groups is 2. The fourth-order valence-corrected chi connectivity index (χ4v) is 2.27. The van der Waals surface area contributed by atoms with E-state index >= 15 is 0 Å². The number of anilines is 1. The van der Waals surface area contributed by atoms with Crippen molar-refractivity contribution in [2.24, 2.45) is 0 Å². The smallest absolute Gasteiger partial charge is 0.315 e. The van der Waals surface area contributed by atoms with Crippen LogP contribution < -0.4 is 16.0 Å². The summed E-state index contributed by atoms with van der Waals surface area (Å²) in [6, 6.07) is 16.2. The van der Waals surface area contributed by atoms with Crippen LogP contribution in [0.25, 0.3) is 0 Å². The Morgan fingerprint density at radius 2 is 1.62 bits per heavy atom. The van der Waals surface area contributed by atoms with Crippen molar-refractivity contribution >= 4 is 17.6 Å². The van der Waals surface area contributed by atoms with Gasteiger partial charge in [0, 0.05) is 23.8 Å². The molecule has 2 rings (SSSR count). The van der Waals surface area contributed by atoms with Crippen LogP contribution in [0.3, 0.4) is 0 Å². The molecule has 26 heavy (non-hydrogen) atoms.